The number of nitrogens with two attached hydrogens (primary N) is 2. The molecule has 12 heteroatoms. The molecule has 2 heterocycles. The second-order valence-electron chi connectivity index (χ2n) is 10.8. The minimum absolute atomic E-state index is 0.164. The van der Waals surface area contributed by atoms with Crippen LogP contribution < -0.4 is 11.5 Å². The summed E-state index contributed by atoms with van der Waals surface area (Å²) in [6.07, 6.45) is 0. The lowest BCUT2D eigenvalue weighted by Crippen LogP contribution is -2.09. The number of esters is 2. The van der Waals surface area contributed by atoms with Crippen LogP contribution in [0, 0.1) is 0 Å². The topological polar surface area (TPSA) is 115 Å². The maximum absolute atomic E-state index is 13.6. The highest BCUT2D eigenvalue weighted by Crippen LogP contribution is 2.52. The molecule has 4 aromatic carbocycles. The van der Waals surface area contributed by atoms with Crippen LogP contribution in [0.3, 0.4) is 0 Å². The van der Waals surface area contributed by atoms with Crippen molar-refractivity contribution in [2.45, 2.75) is 23.9 Å². The number of carbonyl (C=O) groups is 2. The number of nitrogen functional groups attached to an aromatic ring is 2. The molecular formula is C38H32Cl2N4O4S2. The van der Waals surface area contributed by atoms with Crippen molar-refractivity contribution in [2.75, 3.05) is 24.7 Å². The zero-order valence-electron chi connectivity index (χ0n) is 27.1. The molecule has 0 atom stereocenters. The lowest BCUT2D eigenvalue weighted by molar-refractivity contribution is 0.0518. The van der Waals surface area contributed by atoms with E-state index in [1.165, 1.54) is 21.6 Å². The van der Waals surface area contributed by atoms with Gasteiger partial charge < -0.3 is 20.9 Å². The first kappa shape index (κ1) is 35.1. The molecule has 0 saturated heterocycles. The van der Waals surface area contributed by atoms with Crippen molar-refractivity contribution < 1.29 is 19.1 Å². The minimum atomic E-state index is -0.556. The van der Waals surface area contributed by atoms with Gasteiger partial charge in [0.2, 0.25) is 0 Å². The van der Waals surface area contributed by atoms with Gasteiger partial charge in [-0.05, 0) is 95.1 Å². The van der Waals surface area contributed by atoms with E-state index in [2.05, 4.69) is 0 Å². The molecule has 4 N–H and O–H groups in total. The zero-order chi connectivity index (χ0) is 35.4. The lowest BCUT2D eigenvalue weighted by Gasteiger charge is -2.15. The minimum Gasteiger partial charge on any atom is -0.462 e. The molecule has 0 unspecified atom stereocenters. The Bertz CT molecular complexity index is 2000. The first-order chi connectivity index (χ1) is 24.2. The Morgan fingerprint density at radius 2 is 0.920 bits per heavy atom. The fraction of sp³-hybridized carbons (Fsp3) is 0.105. The Morgan fingerprint density at radius 1 is 0.580 bits per heavy atom. The summed E-state index contributed by atoms with van der Waals surface area (Å²) in [7, 11) is 2.73. The second-order valence-corrected chi connectivity index (χ2v) is 13.8. The van der Waals surface area contributed by atoms with Gasteiger partial charge >= 0.3 is 11.9 Å². The van der Waals surface area contributed by atoms with Crippen LogP contribution in [0.25, 0.3) is 33.6 Å². The zero-order valence-corrected chi connectivity index (χ0v) is 30.2. The molecule has 2 aromatic heterocycles. The highest BCUT2D eigenvalue weighted by Gasteiger charge is 2.33. The van der Waals surface area contributed by atoms with E-state index in [-0.39, 0.29) is 36.0 Å². The number of benzene rings is 4. The number of aromatic nitrogens is 2. The smallest absolute Gasteiger partial charge is 0.342 e. The first-order valence-electron chi connectivity index (χ1n) is 15.6. The lowest BCUT2D eigenvalue weighted by atomic mass is 10.0. The highest BCUT2D eigenvalue weighted by atomic mass is 35.5. The number of para-hydroxylation sites is 2. The van der Waals surface area contributed by atoms with Crippen molar-refractivity contribution in [2.24, 2.45) is 0 Å². The molecule has 254 valence electrons. The molecule has 0 bridgehead atoms. The van der Waals surface area contributed by atoms with Gasteiger partial charge in [-0.1, -0.05) is 83.9 Å². The van der Waals surface area contributed by atoms with Crippen molar-refractivity contribution in [3.8, 4) is 33.6 Å². The number of carbonyl (C=O) groups excluding carboxylic acids is 2. The average molecular weight is 744 g/mol. The Kier molecular flexibility index (Phi) is 10.8. The second kappa shape index (κ2) is 15.4. The fourth-order valence-corrected chi connectivity index (χ4v) is 8.62. The third-order valence-corrected chi connectivity index (χ3v) is 10.7. The number of ether oxygens (including phenoxy) is 2. The summed E-state index contributed by atoms with van der Waals surface area (Å²) in [5, 5.41) is 2.37. The van der Waals surface area contributed by atoms with E-state index in [1.54, 1.807) is 38.1 Å². The van der Waals surface area contributed by atoms with Crippen LogP contribution in [0.2, 0.25) is 10.0 Å². The first-order valence-corrected chi connectivity index (χ1v) is 18.5. The Morgan fingerprint density at radius 3 is 1.24 bits per heavy atom. The van der Waals surface area contributed by atoms with Gasteiger partial charge in [-0.15, -0.1) is 0 Å². The van der Waals surface area contributed by atoms with Gasteiger partial charge in [0.25, 0.3) is 0 Å². The van der Waals surface area contributed by atoms with Crippen molar-refractivity contribution in [3.63, 3.8) is 0 Å². The van der Waals surface area contributed by atoms with E-state index < -0.39 is 11.9 Å². The molecule has 6 rings (SSSR count). The van der Waals surface area contributed by atoms with Crippen LogP contribution in [-0.4, -0.2) is 34.3 Å². The molecule has 0 amide bonds. The van der Waals surface area contributed by atoms with Gasteiger partial charge in [-0.2, -0.15) is 0 Å². The van der Waals surface area contributed by atoms with Gasteiger partial charge in [0, 0.05) is 32.5 Å². The molecule has 0 aliphatic carbocycles. The third-order valence-electron chi connectivity index (χ3n) is 7.78. The highest BCUT2D eigenvalue weighted by molar-refractivity contribution is 8.76. The summed E-state index contributed by atoms with van der Waals surface area (Å²) in [6.45, 7) is 3.82. The van der Waals surface area contributed by atoms with Crippen LogP contribution in [0.1, 0.15) is 34.6 Å². The number of hydrogen-bond acceptors (Lipinski definition) is 8. The largest absolute Gasteiger partial charge is 0.462 e. The summed E-state index contributed by atoms with van der Waals surface area (Å²) in [4.78, 5) is 27.3. The molecule has 6 aromatic rings. The summed E-state index contributed by atoms with van der Waals surface area (Å²) >= 11 is 12.6. The van der Waals surface area contributed by atoms with Crippen molar-refractivity contribution >= 4 is 68.4 Å². The van der Waals surface area contributed by atoms with Crippen LogP contribution in [0.15, 0.2) is 119 Å². The Labute approximate surface area is 307 Å². The molecule has 8 nitrogen and oxygen atoms in total. The van der Waals surface area contributed by atoms with Crippen molar-refractivity contribution in [3.05, 3.63) is 130 Å². The maximum atomic E-state index is 13.6. The van der Waals surface area contributed by atoms with E-state index in [0.29, 0.717) is 42.4 Å². The van der Waals surface area contributed by atoms with Gasteiger partial charge in [0.05, 0.1) is 13.2 Å². The Hall–Kier alpha value is -4.74. The number of nitrogens with zero attached hydrogens (tertiary/aromatic N) is 2. The van der Waals surface area contributed by atoms with Crippen molar-refractivity contribution in [1.82, 2.24) is 9.13 Å². The molecule has 0 spiro atoms. The summed E-state index contributed by atoms with van der Waals surface area (Å²) in [6, 6.07) is 33.4. The number of anilines is 2. The molecule has 0 aliphatic heterocycles. The standard InChI is InChI=1S/C38H32Cl2N4O4S2/c1-3-47-37(45)31-29(23-15-19-25(39)20-16-23)35(43(33(31)41)27-11-7-5-8-12-27)49-50-36-30(24-17-21-26(40)22-18-24)32(38(46)48-4-2)34(42)44(36)28-13-9-6-10-14-28/h5-22H,3-4,41-42H2,1-2H3. The van der Waals surface area contributed by atoms with Gasteiger partial charge in [-0.25, -0.2) is 9.59 Å². The quantitative estimate of drug-likeness (QED) is 0.0996. The molecule has 0 radical (unpaired) electrons. The molecule has 0 fully saturated rings. The van der Waals surface area contributed by atoms with Gasteiger partial charge in [-0.3, -0.25) is 9.13 Å². The summed E-state index contributed by atoms with van der Waals surface area (Å²) in [5.74, 6) is -0.684. The maximum Gasteiger partial charge on any atom is 0.342 e. The van der Waals surface area contributed by atoms with Crippen molar-refractivity contribution in [1.29, 1.82) is 0 Å². The van der Waals surface area contributed by atoms with E-state index in [1.807, 2.05) is 94.1 Å². The number of rotatable bonds is 11. The predicted molar refractivity (Wildman–Crippen MR) is 205 cm³/mol. The normalized spacial score (nSPS) is 11.0. The summed E-state index contributed by atoms with van der Waals surface area (Å²) < 4.78 is 14.7. The van der Waals surface area contributed by atoms with Gasteiger partial charge in [0.1, 0.15) is 32.8 Å². The van der Waals surface area contributed by atoms with Crippen LogP contribution in [0.4, 0.5) is 11.6 Å². The van der Waals surface area contributed by atoms with E-state index >= 15 is 0 Å². The van der Waals surface area contributed by atoms with E-state index in [9.17, 15) is 9.59 Å². The molecule has 0 saturated carbocycles. The van der Waals surface area contributed by atoms with E-state index in [4.69, 9.17) is 44.1 Å². The van der Waals surface area contributed by atoms with Crippen LogP contribution in [0.5, 0.6) is 0 Å². The van der Waals surface area contributed by atoms with Crippen LogP contribution >= 0.6 is 44.8 Å². The fourth-order valence-electron chi connectivity index (χ4n) is 5.63. The Balaban J connectivity index is 1.64. The predicted octanol–water partition coefficient (Wildman–Crippen LogP) is 10.2. The average Bonchev–Trinajstić information content (AvgIpc) is 3.58. The SMILES string of the molecule is CCOC(=O)c1c(-c2ccc(Cl)cc2)c(SSc2c(-c3ccc(Cl)cc3)c(C(=O)OCC)c(N)n2-c2ccccc2)n(-c2ccccc2)c1N. The molecular weight excluding hydrogens is 711 g/mol. The number of hydrogen-bond donors (Lipinski definition) is 2. The molecule has 0 aliphatic rings. The van der Waals surface area contributed by atoms with Crippen LogP contribution in [-0.2, 0) is 9.47 Å². The monoisotopic (exact) mass is 742 g/mol. The molecule has 50 heavy (non-hydrogen) atoms. The summed E-state index contributed by atoms with van der Waals surface area (Å²) in [5.41, 5.74) is 18.3. The third kappa shape index (κ3) is 6.84. The number of halogens is 2. The van der Waals surface area contributed by atoms with E-state index in [0.717, 1.165) is 11.4 Å². The van der Waals surface area contributed by atoms with Gasteiger partial charge in [0.15, 0.2) is 0 Å².